The maximum Gasteiger partial charge on any atom is 0.213 e. The zero-order chi connectivity index (χ0) is 15.6. The molecule has 0 amide bonds. The number of rotatable bonds is 4. The maximum absolute atomic E-state index is 10.6. The summed E-state index contributed by atoms with van der Waals surface area (Å²) in [5.41, 5.74) is 3.97. The summed E-state index contributed by atoms with van der Waals surface area (Å²) < 4.78 is 1.75. The van der Waals surface area contributed by atoms with Crippen LogP contribution in [0.2, 0.25) is 0 Å². The van der Waals surface area contributed by atoms with E-state index in [0.717, 1.165) is 36.1 Å². The molecule has 1 heterocycles. The van der Waals surface area contributed by atoms with Crippen LogP contribution in [0.3, 0.4) is 0 Å². The minimum atomic E-state index is -0.230. The molecule has 1 aromatic heterocycles. The Hall–Kier alpha value is -1.77. The van der Waals surface area contributed by atoms with Gasteiger partial charge in [0.05, 0.1) is 11.2 Å². The van der Waals surface area contributed by atoms with E-state index >= 15 is 0 Å². The van der Waals surface area contributed by atoms with Crippen LogP contribution >= 0.6 is 0 Å². The Labute approximate surface area is 127 Å². The highest BCUT2D eigenvalue weighted by Crippen LogP contribution is 2.35. The van der Waals surface area contributed by atoms with Gasteiger partial charge < -0.3 is 5.11 Å². The molecule has 0 atom stereocenters. The monoisotopic (exact) mass is 286 g/mol. The van der Waals surface area contributed by atoms with Gasteiger partial charge in [-0.05, 0) is 46.1 Å². The highest BCUT2D eigenvalue weighted by molar-refractivity contribution is 5.68. The van der Waals surface area contributed by atoms with E-state index in [1.807, 2.05) is 12.1 Å². The number of hydrogen-bond donors (Lipinski definition) is 1. The van der Waals surface area contributed by atoms with Crippen molar-refractivity contribution in [1.29, 1.82) is 0 Å². The van der Waals surface area contributed by atoms with E-state index in [2.05, 4.69) is 46.8 Å². The third kappa shape index (κ3) is 3.12. The van der Waals surface area contributed by atoms with Crippen LogP contribution in [-0.4, -0.2) is 14.9 Å². The molecule has 0 aliphatic carbocycles. The van der Waals surface area contributed by atoms with Crippen LogP contribution in [0.25, 0.3) is 11.3 Å². The molecule has 0 bridgehead atoms. The fraction of sp³-hybridized carbons (Fsp3) is 0.500. The summed E-state index contributed by atoms with van der Waals surface area (Å²) >= 11 is 0. The van der Waals surface area contributed by atoms with Crippen molar-refractivity contribution in [1.82, 2.24) is 9.78 Å². The Balaban J connectivity index is 2.61. The fourth-order valence-corrected chi connectivity index (χ4v) is 2.55. The van der Waals surface area contributed by atoms with Crippen LogP contribution in [0.1, 0.15) is 51.7 Å². The van der Waals surface area contributed by atoms with Gasteiger partial charge in [0.25, 0.3) is 0 Å². The molecule has 0 unspecified atom stereocenters. The Bertz CT molecular complexity index is 621. The maximum atomic E-state index is 10.6. The second kappa shape index (κ2) is 5.92. The Kier molecular flexibility index (Phi) is 4.40. The predicted molar refractivity (Wildman–Crippen MR) is 87.7 cm³/mol. The molecule has 3 heteroatoms. The molecule has 0 radical (unpaired) electrons. The smallest absolute Gasteiger partial charge is 0.213 e. The van der Waals surface area contributed by atoms with Crippen molar-refractivity contribution in [2.24, 2.45) is 0 Å². The van der Waals surface area contributed by atoms with E-state index in [-0.39, 0.29) is 5.54 Å². The van der Waals surface area contributed by atoms with Crippen molar-refractivity contribution in [3.05, 3.63) is 35.4 Å². The van der Waals surface area contributed by atoms with Crippen LogP contribution < -0.4 is 0 Å². The van der Waals surface area contributed by atoms with Crippen molar-refractivity contribution in [2.45, 2.75) is 59.4 Å². The molecule has 3 nitrogen and oxygen atoms in total. The zero-order valence-electron chi connectivity index (χ0n) is 13.8. The van der Waals surface area contributed by atoms with Crippen LogP contribution in [0.15, 0.2) is 24.3 Å². The number of aromatic hydroxyl groups is 1. The molecule has 0 spiro atoms. The average Bonchev–Trinajstić information content (AvgIpc) is 2.74. The van der Waals surface area contributed by atoms with E-state index < -0.39 is 0 Å². The van der Waals surface area contributed by atoms with Crippen molar-refractivity contribution in [3.8, 4) is 17.1 Å². The second-order valence-electron chi connectivity index (χ2n) is 6.65. The first-order valence-electron chi connectivity index (χ1n) is 7.73. The normalized spacial score (nSPS) is 11.9. The Morgan fingerprint density at radius 1 is 1.19 bits per heavy atom. The van der Waals surface area contributed by atoms with Gasteiger partial charge in [0.15, 0.2) is 0 Å². The van der Waals surface area contributed by atoms with E-state index in [1.54, 1.807) is 4.68 Å². The van der Waals surface area contributed by atoms with E-state index in [1.165, 1.54) is 5.56 Å². The molecule has 0 aliphatic rings. The standard InChI is InChI=1S/C18H26N2O/c1-6-7-11-15-16(14-12-9-8-10-13(14)2)19-20(17(15)21)18(3,4)5/h8-10,12,21H,6-7,11H2,1-5H3. The Morgan fingerprint density at radius 2 is 1.86 bits per heavy atom. The predicted octanol–water partition coefficient (Wildman–Crippen LogP) is 4.66. The van der Waals surface area contributed by atoms with Crippen molar-refractivity contribution in [3.63, 3.8) is 0 Å². The summed E-state index contributed by atoms with van der Waals surface area (Å²) in [6.45, 7) is 10.4. The zero-order valence-corrected chi connectivity index (χ0v) is 13.8. The van der Waals surface area contributed by atoms with Gasteiger partial charge in [-0.3, -0.25) is 0 Å². The van der Waals surface area contributed by atoms with Gasteiger partial charge in [-0.25, -0.2) is 4.68 Å². The van der Waals surface area contributed by atoms with Gasteiger partial charge in [0, 0.05) is 11.1 Å². The van der Waals surface area contributed by atoms with Crippen LogP contribution in [0.5, 0.6) is 5.88 Å². The summed E-state index contributed by atoms with van der Waals surface area (Å²) in [5, 5.41) is 15.4. The third-order valence-corrected chi connectivity index (χ3v) is 3.77. The van der Waals surface area contributed by atoms with Crippen LogP contribution in [0, 0.1) is 6.92 Å². The molecule has 0 fully saturated rings. The number of benzene rings is 1. The lowest BCUT2D eigenvalue weighted by molar-refractivity contribution is 0.293. The molecule has 0 saturated carbocycles. The highest BCUT2D eigenvalue weighted by Gasteiger charge is 2.25. The first kappa shape index (κ1) is 15.6. The second-order valence-corrected chi connectivity index (χ2v) is 6.65. The minimum absolute atomic E-state index is 0.230. The van der Waals surface area contributed by atoms with Gasteiger partial charge in [0.2, 0.25) is 5.88 Å². The summed E-state index contributed by atoms with van der Waals surface area (Å²) in [6, 6.07) is 8.23. The van der Waals surface area contributed by atoms with E-state index in [9.17, 15) is 5.11 Å². The number of unbranched alkanes of at least 4 members (excludes halogenated alkanes) is 1. The van der Waals surface area contributed by atoms with Crippen molar-refractivity contribution < 1.29 is 5.11 Å². The van der Waals surface area contributed by atoms with Crippen LogP contribution in [-0.2, 0) is 12.0 Å². The number of aryl methyl sites for hydroxylation is 1. The van der Waals surface area contributed by atoms with Gasteiger partial charge in [-0.2, -0.15) is 5.10 Å². The van der Waals surface area contributed by atoms with Gasteiger partial charge in [-0.15, -0.1) is 0 Å². The molecule has 1 aromatic carbocycles. The lowest BCUT2D eigenvalue weighted by Gasteiger charge is -2.20. The summed E-state index contributed by atoms with van der Waals surface area (Å²) in [6.07, 6.45) is 3.03. The highest BCUT2D eigenvalue weighted by atomic mass is 16.3. The molecule has 1 N–H and O–H groups in total. The molecule has 2 aromatic rings. The van der Waals surface area contributed by atoms with E-state index in [4.69, 9.17) is 5.10 Å². The number of nitrogens with zero attached hydrogens (tertiary/aromatic N) is 2. The molecular formula is C18H26N2O. The summed E-state index contributed by atoms with van der Waals surface area (Å²) in [7, 11) is 0. The molecule has 21 heavy (non-hydrogen) atoms. The molecule has 2 rings (SSSR count). The van der Waals surface area contributed by atoms with Gasteiger partial charge in [0.1, 0.15) is 0 Å². The lowest BCUT2D eigenvalue weighted by Crippen LogP contribution is -2.22. The topological polar surface area (TPSA) is 38.0 Å². The van der Waals surface area contributed by atoms with Gasteiger partial charge >= 0.3 is 0 Å². The third-order valence-electron chi connectivity index (χ3n) is 3.77. The summed E-state index contributed by atoms with van der Waals surface area (Å²) in [4.78, 5) is 0. The van der Waals surface area contributed by atoms with Crippen molar-refractivity contribution in [2.75, 3.05) is 0 Å². The first-order valence-corrected chi connectivity index (χ1v) is 7.73. The Morgan fingerprint density at radius 3 is 2.43 bits per heavy atom. The molecular weight excluding hydrogens is 260 g/mol. The van der Waals surface area contributed by atoms with Gasteiger partial charge in [-0.1, -0.05) is 37.6 Å². The molecule has 114 valence electrons. The quantitative estimate of drug-likeness (QED) is 0.887. The minimum Gasteiger partial charge on any atom is -0.493 e. The van der Waals surface area contributed by atoms with Crippen LogP contribution in [0.4, 0.5) is 0 Å². The fourth-order valence-electron chi connectivity index (χ4n) is 2.55. The van der Waals surface area contributed by atoms with E-state index in [0.29, 0.717) is 5.88 Å². The first-order chi connectivity index (χ1) is 9.86. The molecule has 0 aliphatic heterocycles. The molecule has 0 saturated heterocycles. The largest absolute Gasteiger partial charge is 0.493 e. The number of aromatic nitrogens is 2. The number of hydrogen-bond acceptors (Lipinski definition) is 2. The van der Waals surface area contributed by atoms with Crippen molar-refractivity contribution >= 4 is 0 Å². The SMILES string of the molecule is CCCCc1c(-c2ccccc2C)nn(C(C)(C)C)c1O. The summed E-state index contributed by atoms with van der Waals surface area (Å²) in [5.74, 6) is 0.314. The average molecular weight is 286 g/mol. The lowest BCUT2D eigenvalue weighted by atomic mass is 10.00.